The van der Waals surface area contributed by atoms with Crippen molar-refractivity contribution in [3.8, 4) is 0 Å². The van der Waals surface area contributed by atoms with Crippen molar-refractivity contribution < 1.29 is 8.42 Å². The number of sulfone groups is 1. The van der Waals surface area contributed by atoms with Gasteiger partial charge in [-0.05, 0) is 61.4 Å². The Labute approximate surface area is 164 Å². The van der Waals surface area contributed by atoms with Gasteiger partial charge in [0.05, 0.1) is 9.80 Å². The Balaban J connectivity index is 2.07. The molecule has 6 heteroatoms. The van der Waals surface area contributed by atoms with E-state index in [0.717, 1.165) is 11.3 Å². The average Bonchev–Trinajstić information content (AvgIpc) is 2.67. The zero-order valence-corrected chi connectivity index (χ0v) is 16.6. The first-order valence-corrected chi connectivity index (χ1v) is 10.2. The van der Waals surface area contributed by atoms with Crippen LogP contribution >= 0.6 is 11.6 Å². The number of aromatic nitrogens is 1. The van der Waals surface area contributed by atoms with E-state index in [2.05, 4.69) is 10.3 Å². The topological polar surface area (TPSA) is 59.1 Å². The summed E-state index contributed by atoms with van der Waals surface area (Å²) in [5.41, 5.74) is 3.55. The van der Waals surface area contributed by atoms with Crippen molar-refractivity contribution in [1.82, 2.24) is 4.98 Å². The molecule has 0 radical (unpaired) electrons. The van der Waals surface area contributed by atoms with Gasteiger partial charge in [-0.3, -0.25) is 0 Å². The second kappa shape index (κ2) is 7.94. The number of halogens is 1. The van der Waals surface area contributed by atoms with E-state index < -0.39 is 9.84 Å². The first-order chi connectivity index (χ1) is 12.9. The number of nitrogens with zero attached hydrogens (tertiary/aromatic N) is 1. The highest BCUT2D eigenvalue weighted by molar-refractivity contribution is 8.00. The maximum absolute atomic E-state index is 13.2. The van der Waals surface area contributed by atoms with Gasteiger partial charge in [0.2, 0.25) is 9.84 Å². The van der Waals surface area contributed by atoms with E-state index in [0.29, 0.717) is 10.7 Å². The van der Waals surface area contributed by atoms with Crippen LogP contribution in [0.2, 0.25) is 5.15 Å². The summed E-state index contributed by atoms with van der Waals surface area (Å²) < 4.78 is 26.4. The van der Waals surface area contributed by atoms with Crippen molar-refractivity contribution in [2.45, 2.75) is 18.7 Å². The summed E-state index contributed by atoms with van der Waals surface area (Å²) in [6.45, 7) is 4.04. The van der Waals surface area contributed by atoms with Crippen LogP contribution in [0, 0.1) is 13.8 Å². The molecular formula is C21H19ClN2O2S. The molecule has 3 aromatic rings. The highest BCUT2D eigenvalue weighted by Gasteiger charge is 2.22. The first-order valence-electron chi connectivity index (χ1n) is 8.34. The van der Waals surface area contributed by atoms with Gasteiger partial charge in [0, 0.05) is 23.6 Å². The van der Waals surface area contributed by atoms with Crippen LogP contribution in [0.4, 0.5) is 5.69 Å². The van der Waals surface area contributed by atoms with E-state index >= 15 is 0 Å². The van der Waals surface area contributed by atoms with Gasteiger partial charge in [-0.2, -0.15) is 0 Å². The van der Waals surface area contributed by atoms with Crippen molar-refractivity contribution in [3.05, 3.63) is 94.9 Å². The second-order valence-corrected chi connectivity index (χ2v) is 8.44. The predicted molar refractivity (Wildman–Crippen MR) is 110 cm³/mol. The molecule has 0 fully saturated rings. The molecule has 0 saturated heterocycles. The molecule has 0 bridgehead atoms. The van der Waals surface area contributed by atoms with Crippen molar-refractivity contribution >= 4 is 32.0 Å². The molecule has 1 heterocycles. The Hall–Kier alpha value is -2.63. The molecule has 27 heavy (non-hydrogen) atoms. The molecule has 0 amide bonds. The van der Waals surface area contributed by atoms with E-state index in [-0.39, 0.29) is 9.80 Å². The Morgan fingerprint density at radius 2 is 1.74 bits per heavy atom. The molecule has 138 valence electrons. The van der Waals surface area contributed by atoms with Crippen molar-refractivity contribution in [2.75, 3.05) is 5.32 Å². The summed E-state index contributed by atoms with van der Waals surface area (Å²) in [6.07, 6.45) is 2.95. The summed E-state index contributed by atoms with van der Waals surface area (Å²) in [7, 11) is -3.74. The summed E-state index contributed by atoms with van der Waals surface area (Å²) in [4.78, 5) is 4.36. The SMILES string of the molecule is Cc1ccc(N/C=C(/c2ccc(Cl)nc2)S(=O)(=O)c2ccccc2)cc1C. The maximum atomic E-state index is 13.2. The quantitative estimate of drug-likeness (QED) is 0.597. The smallest absolute Gasteiger partial charge is 0.208 e. The number of benzene rings is 2. The van der Waals surface area contributed by atoms with Crippen LogP contribution in [0.5, 0.6) is 0 Å². The third-order valence-corrected chi connectivity index (χ3v) is 6.28. The van der Waals surface area contributed by atoms with Crippen LogP contribution in [-0.2, 0) is 9.84 Å². The standard InChI is InChI=1S/C21H19ClN2O2S/c1-15-8-10-18(12-16(15)2)23-14-20(17-9-11-21(22)24-13-17)27(25,26)19-6-4-3-5-7-19/h3-14,23H,1-2H3/b20-14-. The third-order valence-electron chi connectivity index (χ3n) is 4.23. The van der Waals surface area contributed by atoms with Crippen LogP contribution in [0.25, 0.3) is 4.91 Å². The Morgan fingerprint density at radius 1 is 1.00 bits per heavy atom. The minimum Gasteiger partial charge on any atom is -0.360 e. The number of nitrogens with one attached hydrogen (secondary N) is 1. The molecule has 0 spiro atoms. The third kappa shape index (κ3) is 4.38. The van der Waals surface area contributed by atoms with E-state index in [1.807, 2.05) is 32.0 Å². The summed E-state index contributed by atoms with van der Waals surface area (Å²) >= 11 is 5.86. The fraction of sp³-hybridized carbons (Fsp3) is 0.0952. The average molecular weight is 399 g/mol. The largest absolute Gasteiger partial charge is 0.360 e. The highest BCUT2D eigenvalue weighted by Crippen LogP contribution is 2.28. The van der Waals surface area contributed by atoms with Crippen LogP contribution < -0.4 is 5.32 Å². The fourth-order valence-electron chi connectivity index (χ4n) is 2.54. The molecule has 0 aliphatic rings. The summed E-state index contributed by atoms with van der Waals surface area (Å²) in [5, 5.41) is 3.40. The zero-order chi connectivity index (χ0) is 19.4. The van der Waals surface area contributed by atoms with Gasteiger partial charge in [0.1, 0.15) is 5.15 Å². The Kier molecular flexibility index (Phi) is 5.63. The molecule has 0 unspecified atom stereocenters. The lowest BCUT2D eigenvalue weighted by molar-refractivity contribution is 0.606. The minimum atomic E-state index is -3.74. The molecule has 0 saturated carbocycles. The molecule has 4 nitrogen and oxygen atoms in total. The van der Waals surface area contributed by atoms with Gasteiger partial charge in [-0.1, -0.05) is 35.9 Å². The van der Waals surface area contributed by atoms with Crippen LogP contribution in [0.1, 0.15) is 16.7 Å². The number of hydrogen-bond acceptors (Lipinski definition) is 4. The van der Waals surface area contributed by atoms with Crippen molar-refractivity contribution in [2.24, 2.45) is 0 Å². The second-order valence-electron chi connectivity index (χ2n) is 6.14. The van der Waals surface area contributed by atoms with Crippen LogP contribution in [0.15, 0.2) is 78.0 Å². The van der Waals surface area contributed by atoms with E-state index in [1.54, 1.807) is 42.5 Å². The molecule has 0 aliphatic heterocycles. The molecule has 0 atom stereocenters. The number of rotatable bonds is 5. The van der Waals surface area contributed by atoms with E-state index in [9.17, 15) is 8.42 Å². The van der Waals surface area contributed by atoms with E-state index in [1.165, 1.54) is 18.0 Å². The van der Waals surface area contributed by atoms with Gasteiger partial charge >= 0.3 is 0 Å². The molecular weight excluding hydrogens is 380 g/mol. The van der Waals surface area contributed by atoms with Crippen molar-refractivity contribution in [1.29, 1.82) is 0 Å². The van der Waals surface area contributed by atoms with Crippen LogP contribution in [0.3, 0.4) is 0 Å². The number of pyridine rings is 1. The normalized spacial score (nSPS) is 12.0. The number of hydrogen-bond donors (Lipinski definition) is 1. The summed E-state index contributed by atoms with van der Waals surface area (Å²) in [5.74, 6) is 0. The molecule has 1 aromatic heterocycles. The molecule has 3 rings (SSSR count). The number of aryl methyl sites for hydroxylation is 2. The minimum absolute atomic E-state index is 0.121. The summed E-state index contributed by atoms with van der Waals surface area (Å²) in [6, 6.07) is 17.4. The monoisotopic (exact) mass is 398 g/mol. The fourth-order valence-corrected chi connectivity index (χ4v) is 4.07. The van der Waals surface area contributed by atoms with Gasteiger partial charge in [-0.25, -0.2) is 13.4 Å². The lowest BCUT2D eigenvalue weighted by Crippen LogP contribution is -2.07. The molecule has 0 aliphatic carbocycles. The van der Waals surface area contributed by atoms with Gasteiger partial charge in [0.25, 0.3) is 0 Å². The lowest BCUT2D eigenvalue weighted by Gasteiger charge is -2.11. The van der Waals surface area contributed by atoms with Gasteiger partial charge < -0.3 is 5.32 Å². The lowest BCUT2D eigenvalue weighted by atomic mass is 10.1. The van der Waals surface area contributed by atoms with Crippen LogP contribution in [-0.4, -0.2) is 13.4 Å². The maximum Gasteiger partial charge on any atom is 0.208 e. The Morgan fingerprint density at radius 3 is 2.37 bits per heavy atom. The number of anilines is 1. The van der Waals surface area contributed by atoms with E-state index in [4.69, 9.17) is 11.6 Å². The van der Waals surface area contributed by atoms with Gasteiger partial charge in [0.15, 0.2) is 0 Å². The first kappa shape index (κ1) is 19.1. The highest BCUT2D eigenvalue weighted by atomic mass is 35.5. The zero-order valence-electron chi connectivity index (χ0n) is 15.0. The molecule has 1 N–H and O–H groups in total. The predicted octanol–water partition coefficient (Wildman–Crippen LogP) is 5.24. The molecule has 2 aromatic carbocycles. The van der Waals surface area contributed by atoms with Crippen molar-refractivity contribution in [3.63, 3.8) is 0 Å². The Bertz CT molecular complexity index is 1080. The van der Waals surface area contributed by atoms with Gasteiger partial charge in [-0.15, -0.1) is 0 Å².